The van der Waals surface area contributed by atoms with Crippen molar-refractivity contribution in [1.82, 2.24) is 10.2 Å². The summed E-state index contributed by atoms with van der Waals surface area (Å²) in [6.07, 6.45) is 1.30. The summed E-state index contributed by atoms with van der Waals surface area (Å²) in [6, 6.07) is 9.07. The number of nitrogens with zero attached hydrogens (tertiary/aromatic N) is 2. The van der Waals surface area contributed by atoms with E-state index in [1.54, 1.807) is 43.3 Å². The zero-order valence-electron chi connectivity index (χ0n) is 22.1. The Labute approximate surface area is 234 Å². The van der Waals surface area contributed by atoms with E-state index in [0.29, 0.717) is 32.8 Å². The minimum absolute atomic E-state index is 0.00815. The molecule has 1 atom stereocenters. The fraction of sp³-hybridized carbons (Fsp3) is 0.462. The Morgan fingerprint density at radius 3 is 2.32 bits per heavy atom. The Kier molecular flexibility index (Phi) is 9.43. The quantitative estimate of drug-likeness (QED) is 0.437. The maximum atomic E-state index is 13.5. The molecule has 2 aromatic rings. The number of rotatable bonds is 10. The summed E-state index contributed by atoms with van der Waals surface area (Å²) in [5.41, 5.74) is 0.433. The summed E-state index contributed by atoms with van der Waals surface area (Å²) in [5, 5.41) is 3.66. The van der Waals surface area contributed by atoms with Crippen molar-refractivity contribution in [2.24, 2.45) is 0 Å². The van der Waals surface area contributed by atoms with E-state index in [9.17, 15) is 18.0 Å². The number of ether oxygens (including phenoxy) is 2. The fourth-order valence-electron chi connectivity index (χ4n) is 3.95. The molecule has 12 heteroatoms. The highest BCUT2D eigenvalue weighted by Gasteiger charge is 2.30. The average molecular weight is 587 g/mol. The summed E-state index contributed by atoms with van der Waals surface area (Å²) < 4.78 is 37.0. The molecule has 38 heavy (non-hydrogen) atoms. The standard InChI is InChI=1S/C26H33Cl2N3O6S/c1-17(25(33)29-26(2,3)4)30(15-19-20(27)8-6-9-21(19)28)24(32)10-7-13-31(38(5,34)35)18-11-12-22-23(14-18)37-16-36-22/h6,8-9,11-12,14,17H,7,10,13,15-16H2,1-5H3,(H,29,33)/t17-/m0/s1. The van der Waals surface area contributed by atoms with Crippen molar-refractivity contribution in [3.63, 3.8) is 0 Å². The Morgan fingerprint density at radius 1 is 1.08 bits per heavy atom. The van der Waals surface area contributed by atoms with Gasteiger partial charge in [-0.05, 0) is 58.4 Å². The summed E-state index contributed by atoms with van der Waals surface area (Å²) >= 11 is 12.7. The van der Waals surface area contributed by atoms with Gasteiger partial charge in [-0.2, -0.15) is 0 Å². The molecule has 1 aliphatic heterocycles. The van der Waals surface area contributed by atoms with Crippen LogP contribution in [-0.4, -0.2) is 56.3 Å². The molecule has 0 fully saturated rings. The van der Waals surface area contributed by atoms with Crippen LogP contribution in [0.1, 0.15) is 46.1 Å². The molecule has 0 radical (unpaired) electrons. The van der Waals surface area contributed by atoms with Crippen molar-refractivity contribution in [2.75, 3.05) is 23.9 Å². The third-order valence-electron chi connectivity index (χ3n) is 5.85. The van der Waals surface area contributed by atoms with Gasteiger partial charge >= 0.3 is 0 Å². The van der Waals surface area contributed by atoms with Crippen LogP contribution in [-0.2, 0) is 26.2 Å². The molecule has 0 spiro atoms. The molecule has 1 N–H and O–H groups in total. The number of nitrogens with one attached hydrogen (secondary N) is 1. The molecule has 208 valence electrons. The third-order valence-corrected chi connectivity index (χ3v) is 7.75. The Bertz CT molecular complexity index is 1280. The molecular formula is C26H33Cl2N3O6S. The van der Waals surface area contributed by atoms with Crippen molar-refractivity contribution >= 4 is 50.7 Å². The van der Waals surface area contributed by atoms with Crippen molar-refractivity contribution < 1.29 is 27.5 Å². The molecule has 0 bridgehead atoms. The average Bonchev–Trinajstić information content (AvgIpc) is 3.27. The van der Waals surface area contributed by atoms with Gasteiger partial charge in [0.25, 0.3) is 0 Å². The van der Waals surface area contributed by atoms with Crippen LogP contribution in [0.5, 0.6) is 11.5 Å². The van der Waals surface area contributed by atoms with E-state index in [1.165, 1.54) is 9.21 Å². The second-order valence-electron chi connectivity index (χ2n) is 10.1. The highest BCUT2D eigenvalue weighted by molar-refractivity contribution is 7.92. The van der Waals surface area contributed by atoms with Crippen LogP contribution in [0.4, 0.5) is 5.69 Å². The summed E-state index contributed by atoms with van der Waals surface area (Å²) in [7, 11) is -3.65. The molecule has 3 rings (SSSR count). The number of sulfonamides is 1. The number of amides is 2. The molecular weight excluding hydrogens is 553 g/mol. The van der Waals surface area contributed by atoms with E-state index < -0.39 is 21.6 Å². The number of carbonyl (C=O) groups excluding carboxylic acids is 2. The van der Waals surface area contributed by atoms with Crippen molar-refractivity contribution in [3.8, 4) is 11.5 Å². The molecule has 0 saturated carbocycles. The third kappa shape index (κ3) is 7.68. The monoisotopic (exact) mass is 585 g/mol. The van der Waals surface area contributed by atoms with Gasteiger partial charge in [0.15, 0.2) is 11.5 Å². The smallest absolute Gasteiger partial charge is 0.242 e. The molecule has 9 nitrogen and oxygen atoms in total. The normalized spacial score (nSPS) is 13.7. The molecule has 0 unspecified atom stereocenters. The first-order valence-electron chi connectivity index (χ1n) is 12.1. The lowest BCUT2D eigenvalue weighted by Crippen LogP contribution is -2.52. The van der Waals surface area contributed by atoms with Gasteiger partial charge < -0.3 is 19.7 Å². The highest BCUT2D eigenvalue weighted by atomic mass is 35.5. The van der Waals surface area contributed by atoms with E-state index in [4.69, 9.17) is 32.7 Å². The Balaban J connectivity index is 1.78. The maximum absolute atomic E-state index is 13.5. The first-order valence-corrected chi connectivity index (χ1v) is 14.7. The van der Waals surface area contributed by atoms with Crippen LogP contribution in [0.25, 0.3) is 0 Å². The van der Waals surface area contributed by atoms with Gasteiger partial charge in [0.2, 0.25) is 28.6 Å². The zero-order chi connectivity index (χ0) is 28.3. The number of benzene rings is 2. The highest BCUT2D eigenvalue weighted by Crippen LogP contribution is 2.36. The number of anilines is 1. The second-order valence-corrected chi connectivity index (χ2v) is 12.8. The fourth-order valence-corrected chi connectivity index (χ4v) is 5.43. The Hall–Kier alpha value is -2.69. The van der Waals surface area contributed by atoms with E-state index in [1.807, 2.05) is 20.8 Å². The lowest BCUT2D eigenvalue weighted by atomic mass is 10.1. The topological polar surface area (TPSA) is 105 Å². The van der Waals surface area contributed by atoms with E-state index >= 15 is 0 Å². The van der Waals surface area contributed by atoms with E-state index in [0.717, 1.165) is 6.26 Å². The SMILES string of the molecule is C[C@@H](C(=O)NC(C)(C)C)N(Cc1c(Cl)cccc1Cl)C(=O)CCCN(c1ccc2c(c1)OCO2)S(C)(=O)=O. The van der Waals surface area contributed by atoms with Crippen molar-refractivity contribution in [2.45, 2.75) is 58.7 Å². The minimum atomic E-state index is -3.65. The van der Waals surface area contributed by atoms with Gasteiger partial charge in [0.05, 0.1) is 11.9 Å². The summed E-state index contributed by atoms with van der Waals surface area (Å²) in [5.74, 6) is 0.325. The number of carbonyl (C=O) groups is 2. The molecule has 0 aliphatic carbocycles. The van der Waals surface area contributed by atoms with Gasteiger partial charge in [0.1, 0.15) is 6.04 Å². The molecule has 0 aromatic heterocycles. The number of fused-ring (bicyclic) bond motifs is 1. The predicted molar refractivity (Wildman–Crippen MR) is 148 cm³/mol. The van der Waals surface area contributed by atoms with Crippen LogP contribution in [0.3, 0.4) is 0 Å². The summed E-state index contributed by atoms with van der Waals surface area (Å²) in [4.78, 5) is 27.8. The largest absolute Gasteiger partial charge is 0.454 e. The summed E-state index contributed by atoms with van der Waals surface area (Å²) in [6.45, 7) is 7.33. The molecule has 2 amide bonds. The number of hydrogen-bond acceptors (Lipinski definition) is 6. The minimum Gasteiger partial charge on any atom is -0.454 e. The molecule has 0 saturated heterocycles. The van der Waals surface area contributed by atoms with E-state index in [2.05, 4.69) is 5.32 Å². The first kappa shape index (κ1) is 29.9. The number of halogens is 2. The first-order chi connectivity index (χ1) is 17.7. The lowest BCUT2D eigenvalue weighted by Gasteiger charge is -2.32. The van der Waals surface area contributed by atoms with Crippen molar-refractivity contribution in [1.29, 1.82) is 0 Å². The van der Waals surface area contributed by atoms with Gasteiger partial charge in [-0.1, -0.05) is 29.3 Å². The van der Waals surface area contributed by atoms with Gasteiger partial charge in [-0.3, -0.25) is 13.9 Å². The van der Waals surface area contributed by atoms with Gasteiger partial charge in [-0.25, -0.2) is 8.42 Å². The van der Waals surface area contributed by atoms with E-state index in [-0.39, 0.29) is 44.5 Å². The van der Waals surface area contributed by atoms with Gasteiger partial charge in [-0.15, -0.1) is 0 Å². The zero-order valence-corrected chi connectivity index (χ0v) is 24.4. The van der Waals surface area contributed by atoms with Crippen LogP contribution in [0.15, 0.2) is 36.4 Å². The van der Waals surface area contributed by atoms with Crippen molar-refractivity contribution in [3.05, 3.63) is 52.0 Å². The molecule has 1 heterocycles. The molecule has 2 aromatic carbocycles. The maximum Gasteiger partial charge on any atom is 0.242 e. The predicted octanol–water partition coefficient (Wildman–Crippen LogP) is 4.60. The Morgan fingerprint density at radius 2 is 1.71 bits per heavy atom. The van der Waals surface area contributed by atoms with Crippen LogP contribution < -0.4 is 19.1 Å². The molecule has 1 aliphatic rings. The van der Waals surface area contributed by atoms with Crippen LogP contribution in [0.2, 0.25) is 10.0 Å². The van der Waals surface area contributed by atoms with Gasteiger partial charge in [0, 0.05) is 46.7 Å². The van der Waals surface area contributed by atoms with Crippen LogP contribution >= 0.6 is 23.2 Å². The van der Waals surface area contributed by atoms with Crippen LogP contribution in [0, 0.1) is 0 Å². The number of hydrogen-bond donors (Lipinski definition) is 1. The second kappa shape index (κ2) is 12.0. The lowest BCUT2D eigenvalue weighted by molar-refractivity contribution is -0.141.